The van der Waals surface area contributed by atoms with E-state index in [0.717, 1.165) is 0 Å². The van der Waals surface area contributed by atoms with Gasteiger partial charge < -0.3 is 10.3 Å². The van der Waals surface area contributed by atoms with Gasteiger partial charge in [0.15, 0.2) is 0 Å². The molecule has 2 N–H and O–H groups in total. The van der Waals surface area contributed by atoms with Crippen molar-refractivity contribution in [2.45, 2.75) is 0 Å². The Labute approximate surface area is 57.3 Å². The fourth-order valence-corrected chi connectivity index (χ4v) is 0.517. The summed E-state index contributed by atoms with van der Waals surface area (Å²) in [6, 6.07) is 0. The van der Waals surface area contributed by atoms with E-state index in [-0.39, 0.29) is 0 Å². The highest BCUT2D eigenvalue weighted by Gasteiger charge is 1.96. The molecule has 0 fully saturated rings. The van der Waals surface area contributed by atoms with E-state index in [2.05, 4.69) is 9.68 Å². The van der Waals surface area contributed by atoms with E-state index >= 15 is 0 Å². The van der Waals surface area contributed by atoms with Gasteiger partial charge in [-0.1, -0.05) is 5.16 Å². The van der Waals surface area contributed by atoms with E-state index in [1.165, 1.54) is 18.5 Å². The lowest BCUT2D eigenvalue weighted by atomic mass is 10.3. The van der Waals surface area contributed by atoms with E-state index in [9.17, 15) is 4.79 Å². The molecule has 0 saturated heterocycles. The molecule has 0 atom stereocenters. The number of aromatic nitrogens is 1. The summed E-state index contributed by atoms with van der Waals surface area (Å²) in [6.45, 7) is 0. The first-order chi connectivity index (χ1) is 4.84. The average molecular weight is 138 g/mol. The molecule has 0 spiro atoms. The van der Waals surface area contributed by atoms with Gasteiger partial charge in [-0.2, -0.15) is 0 Å². The summed E-state index contributed by atoms with van der Waals surface area (Å²) in [4.78, 5) is 9.90. The van der Waals surface area contributed by atoms with Crippen molar-refractivity contribution in [3.05, 3.63) is 24.1 Å². The number of nitrogens with zero attached hydrogens (tertiary/aromatic N) is 1. The number of carbonyl (C=O) groups excluding carboxylic acids is 1. The summed E-state index contributed by atoms with van der Waals surface area (Å²) in [6.07, 6.45) is 4.67. The van der Waals surface area contributed by atoms with Crippen molar-refractivity contribution in [3.63, 3.8) is 0 Å². The second-order valence-electron chi connectivity index (χ2n) is 1.67. The SMILES string of the molecule is N/C(=C\C=O)c1cnoc1. The lowest BCUT2D eigenvalue weighted by Gasteiger charge is -1.88. The van der Waals surface area contributed by atoms with Crippen LogP contribution in [0.1, 0.15) is 5.56 Å². The van der Waals surface area contributed by atoms with Gasteiger partial charge in [-0.25, -0.2) is 0 Å². The maximum absolute atomic E-state index is 9.90. The van der Waals surface area contributed by atoms with Crippen LogP contribution >= 0.6 is 0 Å². The van der Waals surface area contributed by atoms with Gasteiger partial charge in [0.2, 0.25) is 0 Å². The number of nitrogens with two attached hydrogens (primary N) is 1. The standard InChI is InChI=1S/C6H6N2O2/c7-6(1-2-9)5-3-8-10-4-5/h1-4H,7H2/b6-1-. The van der Waals surface area contributed by atoms with Crippen molar-refractivity contribution in [2.24, 2.45) is 5.73 Å². The maximum atomic E-state index is 9.90. The summed E-state index contributed by atoms with van der Waals surface area (Å²) in [5.74, 6) is 0. The molecule has 10 heavy (non-hydrogen) atoms. The molecule has 0 saturated carbocycles. The molecular weight excluding hydrogens is 132 g/mol. The molecule has 1 aromatic heterocycles. The number of hydrogen-bond acceptors (Lipinski definition) is 4. The number of rotatable bonds is 2. The highest BCUT2D eigenvalue weighted by atomic mass is 16.5. The molecule has 0 amide bonds. The van der Waals surface area contributed by atoms with Crippen molar-refractivity contribution in [1.82, 2.24) is 5.16 Å². The third kappa shape index (κ3) is 1.22. The molecule has 4 nitrogen and oxygen atoms in total. The molecule has 0 bridgehead atoms. The number of aldehydes is 1. The van der Waals surface area contributed by atoms with Crippen LogP contribution in [-0.4, -0.2) is 11.4 Å². The fraction of sp³-hybridized carbons (Fsp3) is 0. The molecule has 0 aromatic carbocycles. The Kier molecular flexibility index (Phi) is 1.84. The monoisotopic (exact) mass is 138 g/mol. The van der Waals surface area contributed by atoms with Crippen molar-refractivity contribution in [3.8, 4) is 0 Å². The van der Waals surface area contributed by atoms with Crippen LogP contribution in [0.15, 0.2) is 23.1 Å². The highest BCUT2D eigenvalue weighted by molar-refractivity contribution is 5.79. The average Bonchev–Trinajstić information content (AvgIpc) is 2.38. The van der Waals surface area contributed by atoms with Crippen LogP contribution in [-0.2, 0) is 4.79 Å². The zero-order valence-corrected chi connectivity index (χ0v) is 5.15. The first-order valence-corrected chi connectivity index (χ1v) is 2.65. The Bertz CT molecular complexity index is 238. The van der Waals surface area contributed by atoms with Crippen molar-refractivity contribution in [1.29, 1.82) is 0 Å². The van der Waals surface area contributed by atoms with Gasteiger partial charge in [-0.3, -0.25) is 4.79 Å². The normalized spacial score (nSPS) is 11.4. The fourth-order valence-electron chi connectivity index (χ4n) is 0.517. The Hall–Kier alpha value is -1.58. The quantitative estimate of drug-likeness (QED) is 0.467. The van der Waals surface area contributed by atoms with E-state index in [1.807, 2.05) is 0 Å². The Morgan fingerprint density at radius 1 is 1.80 bits per heavy atom. The molecule has 4 heteroatoms. The highest BCUT2D eigenvalue weighted by Crippen LogP contribution is 2.04. The predicted octanol–water partition coefficient (Wildman–Crippen LogP) is 0.173. The van der Waals surface area contributed by atoms with Crippen LogP contribution in [0, 0.1) is 0 Å². The number of allylic oxidation sites excluding steroid dienone is 1. The molecular formula is C6H6N2O2. The van der Waals surface area contributed by atoms with Gasteiger partial charge in [0.1, 0.15) is 12.5 Å². The molecule has 0 radical (unpaired) electrons. The molecule has 0 aliphatic rings. The number of hydrogen-bond donors (Lipinski definition) is 1. The van der Waals surface area contributed by atoms with Crippen LogP contribution in [0.3, 0.4) is 0 Å². The van der Waals surface area contributed by atoms with E-state index < -0.39 is 0 Å². The van der Waals surface area contributed by atoms with Crippen molar-refractivity contribution >= 4 is 12.0 Å². The van der Waals surface area contributed by atoms with Crippen LogP contribution in [0.25, 0.3) is 5.70 Å². The molecule has 1 heterocycles. The second-order valence-corrected chi connectivity index (χ2v) is 1.67. The minimum absolute atomic E-state index is 0.358. The Balaban J connectivity index is 2.86. The third-order valence-electron chi connectivity index (χ3n) is 1.01. The summed E-state index contributed by atoms with van der Waals surface area (Å²) in [5.41, 5.74) is 6.36. The topological polar surface area (TPSA) is 69.1 Å². The van der Waals surface area contributed by atoms with Crippen molar-refractivity contribution < 1.29 is 9.32 Å². The van der Waals surface area contributed by atoms with Crippen LogP contribution in [0.2, 0.25) is 0 Å². The summed E-state index contributed by atoms with van der Waals surface area (Å²) in [7, 11) is 0. The van der Waals surface area contributed by atoms with Gasteiger partial charge in [0.25, 0.3) is 0 Å². The molecule has 0 unspecified atom stereocenters. The zero-order valence-electron chi connectivity index (χ0n) is 5.15. The summed E-state index contributed by atoms with van der Waals surface area (Å²) in [5, 5.41) is 3.41. The first-order valence-electron chi connectivity index (χ1n) is 2.65. The maximum Gasteiger partial charge on any atom is 0.144 e. The lowest BCUT2D eigenvalue weighted by molar-refractivity contribution is -0.104. The van der Waals surface area contributed by atoms with E-state index in [4.69, 9.17) is 5.73 Å². The van der Waals surface area contributed by atoms with Crippen LogP contribution in [0.4, 0.5) is 0 Å². The van der Waals surface area contributed by atoms with Gasteiger partial charge in [0, 0.05) is 11.8 Å². The zero-order chi connectivity index (χ0) is 7.40. The van der Waals surface area contributed by atoms with Gasteiger partial charge in [-0.15, -0.1) is 0 Å². The Morgan fingerprint density at radius 2 is 2.60 bits per heavy atom. The largest absolute Gasteiger partial charge is 0.398 e. The third-order valence-corrected chi connectivity index (χ3v) is 1.01. The lowest BCUT2D eigenvalue weighted by Crippen LogP contribution is -1.93. The van der Waals surface area contributed by atoms with Crippen LogP contribution < -0.4 is 5.73 Å². The first kappa shape index (κ1) is 6.54. The van der Waals surface area contributed by atoms with E-state index in [0.29, 0.717) is 17.5 Å². The second kappa shape index (κ2) is 2.82. The predicted molar refractivity (Wildman–Crippen MR) is 34.7 cm³/mol. The van der Waals surface area contributed by atoms with E-state index in [1.54, 1.807) is 0 Å². The molecule has 0 aliphatic heterocycles. The van der Waals surface area contributed by atoms with Crippen molar-refractivity contribution in [2.75, 3.05) is 0 Å². The Morgan fingerprint density at radius 3 is 3.10 bits per heavy atom. The summed E-state index contributed by atoms with van der Waals surface area (Å²) < 4.78 is 4.50. The number of carbonyl (C=O) groups is 1. The van der Waals surface area contributed by atoms with Gasteiger partial charge in [-0.05, 0) is 0 Å². The van der Waals surface area contributed by atoms with Crippen LogP contribution in [0.5, 0.6) is 0 Å². The smallest absolute Gasteiger partial charge is 0.144 e. The molecule has 52 valence electrons. The minimum Gasteiger partial charge on any atom is -0.398 e. The minimum atomic E-state index is 0.358. The molecule has 0 aliphatic carbocycles. The molecule has 1 rings (SSSR count). The summed E-state index contributed by atoms with van der Waals surface area (Å²) >= 11 is 0. The van der Waals surface area contributed by atoms with Gasteiger partial charge in [0.05, 0.1) is 11.8 Å². The van der Waals surface area contributed by atoms with Gasteiger partial charge >= 0.3 is 0 Å². The molecule has 1 aromatic rings.